The van der Waals surface area contributed by atoms with E-state index in [0.717, 1.165) is 11.8 Å². The number of carbonyl (C=O) groups excluding carboxylic acids is 2. The Labute approximate surface area is 135 Å². The smallest absolute Gasteiger partial charge is 0.253 e. The third-order valence-electron chi connectivity index (χ3n) is 3.34. The predicted octanol–water partition coefficient (Wildman–Crippen LogP) is 2.79. The maximum atomic E-state index is 11.8. The van der Waals surface area contributed by atoms with E-state index in [1.54, 1.807) is 44.4 Å². The standard InChI is InChI=1S/C18H19NO4/c1-19(2)18(21)14-6-4-13(5-7-14)12-23-16-9-8-15(11-20)17(10-16)22-3/h4-11H,12H2,1-3H3. The minimum Gasteiger partial charge on any atom is -0.496 e. The molecule has 0 N–H and O–H groups in total. The molecule has 0 heterocycles. The monoisotopic (exact) mass is 313 g/mol. The summed E-state index contributed by atoms with van der Waals surface area (Å²) in [6, 6.07) is 12.3. The van der Waals surface area contributed by atoms with Gasteiger partial charge in [0.1, 0.15) is 18.1 Å². The molecule has 0 bridgehead atoms. The first-order valence-corrected chi connectivity index (χ1v) is 7.11. The van der Waals surface area contributed by atoms with Gasteiger partial charge >= 0.3 is 0 Å². The van der Waals surface area contributed by atoms with Gasteiger partial charge in [0, 0.05) is 25.7 Å². The Morgan fingerprint density at radius 1 is 1.13 bits per heavy atom. The fourth-order valence-corrected chi connectivity index (χ4v) is 2.05. The molecule has 2 aromatic rings. The van der Waals surface area contributed by atoms with Crippen molar-refractivity contribution < 1.29 is 19.1 Å². The summed E-state index contributed by atoms with van der Waals surface area (Å²) < 4.78 is 10.8. The molecule has 0 saturated carbocycles. The topological polar surface area (TPSA) is 55.8 Å². The van der Waals surface area contributed by atoms with E-state index in [4.69, 9.17) is 9.47 Å². The van der Waals surface area contributed by atoms with Gasteiger partial charge in [0.15, 0.2) is 6.29 Å². The summed E-state index contributed by atoms with van der Waals surface area (Å²) in [5.74, 6) is 1.05. The Morgan fingerprint density at radius 2 is 1.83 bits per heavy atom. The van der Waals surface area contributed by atoms with E-state index in [-0.39, 0.29) is 5.91 Å². The molecule has 23 heavy (non-hydrogen) atoms. The molecule has 1 amide bonds. The van der Waals surface area contributed by atoms with Crippen LogP contribution in [0.15, 0.2) is 42.5 Å². The predicted molar refractivity (Wildman–Crippen MR) is 87.2 cm³/mol. The van der Waals surface area contributed by atoms with Crippen LogP contribution in [-0.2, 0) is 6.61 Å². The maximum Gasteiger partial charge on any atom is 0.253 e. The van der Waals surface area contributed by atoms with Gasteiger partial charge in [-0.25, -0.2) is 0 Å². The van der Waals surface area contributed by atoms with Crippen LogP contribution in [0.5, 0.6) is 11.5 Å². The quantitative estimate of drug-likeness (QED) is 0.770. The number of nitrogens with zero attached hydrogens (tertiary/aromatic N) is 1. The largest absolute Gasteiger partial charge is 0.496 e. The van der Waals surface area contributed by atoms with Crippen molar-refractivity contribution in [1.82, 2.24) is 4.90 Å². The van der Waals surface area contributed by atoms with Crippen LogP contribution in [0.1, 0.15) is 26.3 Å². The minimum atomic E-state index is -0.0355. The molecular formula is C18H19NO4. The summed E-state index contributed by atoms with van der Waals surface area (Å²) in [5, 5.41) is 0. The summed E-state index contributed by atoms with van der Waals surface area (Å²) in [6.45, 7) is 0.361. The second kappa shape index (κ2) is 7.45. The number of carbonyl (C=O) groups is 2. The van der Waals surface area contributed by atoms with Gasteiger partial charge in [0.2, 0.25) is 0 Å². The van der Waals surface area contributed by atoms with Gasteiger partial charge < -0.3 is 14.4 Å². The van der Waals surface area contributed by atoms with Crippen LogP contribution in [0.4, 0.5) is 0 Å². The number of aldehydes is 1. The number of methoxy groups -OCH3 is 1. The SMILES string of the molecule is COc1cc(OCc2ccc(C(=O)N(C)C)cc2)ccc1C=O. The summed E-state index contributed by atoms with van der Waals surface area (Å²) in [5.41, 5.74) is 2.06. The zero-order chi connectivity index (χ0) is 16.8. The highest BCUT2D eigenvalue weighted by Crippen LogP contribution is 2.24. The van der Waals surface area contributed by atoms with E-state index in [1.165, 1.54) is 12.0 Å². The molecule has 5 nitrogen and oxygen atoms in total. The molecule has 2 aromatic carbocycles. The number of benzene rings is 2. The van der Waals surface area contributed by atoms with Crippen molar-refractivity contribution in [3.8, 4) is 11.5 Å². The average Bonchev–Trinajstić information content (AvgIpc) is 2.59. The van der Waals surface area contributed by atoms with E-state index in [9.17, 15) is 9.59 Å². The first kappa shape index (κ1) is 16.5. The zero-order valence-electron chi connectivity index (χ0n) is 13.4. The van der Waals surface area contributed by atoms with Crippen LogP contribution >= 0.6 is 0 Å². The number of hydrogen-bond acceptors (Lipinski definition) is 4. The third kappa shape index (κ3) is 4.10. The van der Waals surface area contributed by atoms with Crippen LogP contribution < -0.4 is 9.47 Å². The molecule has 0 unspecified atom stereocenters. The van der Waals surface area contributed by atoms with Crippen molar-refractivity contribution >= 4 is 12.2 Å². The molecule has 0 aliphatic carbocycles. The lowest BCUT2D eigenvalue weighted by atomic mass is 10.1. The van der Waals surface area contributed by atoms with Crippen molar-refractivity contribution in [2.45, 2.75) is 6.61 Å². The number of hydrogen-bond donors (Lipinski definition) is 0. The first-order chi connectivity index (χ1) is 11.0. The van der Waals surface area contributed by atoms with Gasteiger partial charge in [-0.15, -0.1) is 0 Å². The minimum absolute atomic E-state index is 0.0355. The van der Waals surface area contributed by atoms with E-state index in [2.05, 4.69) is 0 Å². The van der Waals surface area contributed by atoms with Crippen molar-refractivity contribution in [3.05, 3.63) is 59.2 Å². The van der Waals surface area contributed by atoms with Crippen LogP contribution in [0.2, 0.25) is 0 Å². The molecule has 0 aliphatic heterocycles. The molecular weight excluding hydrogens is 294 g/mol. The van der Waals surface area contributed by atoms with Crippen LogP contribution in [-0.4, -0.2) is 38.3 Å². The molecule has 0 radical (unpaired) electrons. The second-order valence-corrected chi connectivity index (χ2v) is 5.21. The summed E-state index contributed by atoms with van der Waals surface area (Å²) in [7, 11) is 4.94. The Morgan fingerprint density at radius 3 is 2.39 bits per heavy atom. The lowest BCUT2D eigenvalue weighted by Gasteiger charge is -2.11. The van der Waals surface area contributed by atoms with Gasteiger partial charge in [-0.3, -0.25) is 9.59 Å². The Hall–Kier alpha value is -2.82. The van der Waals surface area contributed by atoms with E-state index >= 15 is 0 Å². The number of rotatable bonds is 6. The second-order valence-electron chi connectivity index (χ2n) is 5.21. The first-order valence-electron chi connectivity index (χ1n) is 7.11. The number of ether oxygens (including phenoxy) is 2. The Balaban J connectivity index is 2.03. The fraction of sp³-hybridized carbons (Fsp3) is 0.222. The van der Waals surface area contributed by atoms with Gasteiger partial charge in [-0.05, 0) is 29.8 Å². The maximum absolute atomic E-state index is 11.8. The number of amides is 1. The molecule has 0 spiro atoms. The van der Waals surface area contributed by atoms with Gasteiger partial charge in [0.25, 0.3) is 5.91 Å². The Bertz CT molecular complexity index is 693. The van der Waals surface area contributed by atoms with E-state index in [1.807, 2.05) is 12.1 Å². The molecule has 0 aromatic heterocycles. The highest BCUT2D eigenvalue weighted by molar-refractivity contribution is 5.93. The molecule has 0 saturated heterocycles. The molecule has 0 atom stereocenters. The average molecular weight is 313 g/mol. The molecule has 2 rings (SSSR count). The van der Waals surface area contributed by atoms with Crippen molar-refractivity contribution in [1.29, 1.82) is 0 Å². The van der Waals surface area contributed by atoms with Gasteiger partial charge in [0.05, 0.1) is 12.7 Å². The van der Waals surface area contributed by atoms with Crippen LogP contribution in [0.3, 0.4) is 0 Å². The van der Waals surface area contributed by atoms with E-state index < -0.39 is 0 Å². The van der Waals surface area contributed by atoms with Crippen LogP contribution in [0.25, 0.3) is 0 Å². The van der Waals surface area contributed by atoms with Crippen LogP contribution in [0, 0.1) is 0 Å². The summed E-state index contributed by atoms with van der Waals surface area (Å²) in [6.07, 6.45) is 0.739. The van der Waals surface area contributed by atoms with Crippen molar-refractivity contribution in [2.24, 2.45) is 0 Å². The van der Waals surface area contributed by atoms with Gasteiger partial charge in [-0.1, -0.05) is 12.1 Å². The zero-order valence-corrected chi connectivity index (χ0v) is 13.4. The normalized spacial score (nSPS) is 10.0. The highest BCUT2D eigenvalue weighted by atomic mass is 16.5. The molecule has 0 aliphatic rings. The van der Waals surface area contributed by atoms with E-state index in [0.29, 0.717) is 29.2 Å². The van der Waals surface area contributed by atoms with Crippen molar-refractivity contribution in [3.63, 3.8) is 0 Å². The molecule has 5 heteroatoms. The highest BCUT2D eigenvalue weighted by Gasteiger charge is 2.08. The molecule has 0 fully saturated rings. The fourth-order valence-electron chi connectivity index (χ4n) is 2.05. The lowest BCUT2D eigenvalue weighted by molar-refractivity contribution is 0.0827. The molecule has 120 valence electrons. The van der Waals surface area contributed by atoms with Gasteiger partial charge in [-0.2, -0.15) is 0 Å². The summed E-state index contributed by atoms with van der Waals surface area (Å²) >= 11 is 0. The Kier molecular flexibility index (Phi) is 5.36. The lowest BCUT2D eigenvalue weighted by Crippen LogP contribution is -2.21. The third-order valence-corrected chi connectivity index (χ3v) is 3.34. The summed E-state index contributed by atoms with van der Waals surface area (Å²) in [4.78, 5) is 24.2. The van der Waals surface area contributed by atoms with Crippen molar-refractivity contribution in [2.75, 3.05) is 21.2 Å².